The first-order valence-electron chi connectivity index (χ1n) is 9.25. The van der Waals surface area contributed by atoms with E-state index in [2.05, 4.69) is 92.7 Å². The van der Waals surface area contributed by atoms with Gasteiger partial charge in [-0.3, -0.25) is 0 Å². The highest BCUT2D eigenvalue weighted by atomic mass is 14.2. The molecule has 0 fully saturated rings. The zero-order valence-corrected chi connectivity index (χ0v) is 15.6. The molecule has 3 aromatic rings. The third-order valence-electron chi connectivity index (χ3n) is 4.81. The fourth-order valence-corrected chi connectivity index (χ4v) is 3.68. The van der Waals surface area contributed by atoms with Crippen LogP contribution in [-0.2, 0) is 0 Å². The number of hydrogen-bond donors (Lipinski definition) is 0. The van der Waals surface area contributed by atoms with Crippen LogP contribution in [0, 0.1) is 0 Å². The Kier molecular flexibility index (Phi) is 5.19. The number of rotatable bonds is 1. The zero-order chi connectivity index (χ0) is 17.8. The highest BCUT2D eigenvalue weighted by molar-refractivity contribution is 5.90. The van der Waals surface area contributed by atoms with Crippen LogP contribution in [0.4, 0.5) is 0 Å². The molecule has 1 aliphatic carbocycles. The van der Waals surface area contributed by atoms with E-state index in [-0.39, 0.29) is 0 Å². The molecule has 0 spiro atoms. The summed E-state index contributed by atoms with van der Waals surface area (Å²) >= 11 is 0. The van der Waals surface area contributed by atoms with Crippen LogP contribution in [0.25, 0.3) is 22.4 Å². The van der Waals surface area contributed by atoms with E-state index in [1.54, 1.807) is 0 Å². The molecule has 0 aromatic heterocycles. The predicted octanol–water partition coefficient (Wildman–Crippen LogP) is 5.54. The number of hydrogen-bond acceptors (Lipinski definition) is 0. The molecule has 1 aliphatic rings. The van der Waals surface area contributed by atoms with Crippen molar-refractivity contribution in [3.05, 3.63) is 94.4 Å². The minimum atomic E-state index is 0.433. The van der Waals surface area contributed by atoms with Gasteiger partial charge in [0.05, 0.1) is 0 Å². The Balaban J connectivity index is 0.000000880. The minimum Gasteiger partial charge on any atom is -0.0798 e. The summed E-state index contributed by atoms with van der Waals surface area (Å²) in [6.07, 6.45) is 6.83. The smallest absolute Gasteiger partial charge is 0.000544 e. The molecule has 25 heavy (non-hydrogen) atoms. The summed E-state index contributed by atoms with van der Waals surface area (Å²) in [6, 6.07) is 21.8. The van der Waals surface area contributed by atoms with Crippen molar-refractivity contribution in [1.29, 1.82) is 0 Å². The third kappa shape index (κ3) is 3.05. The molecule has 0 nitrogen and oxygen atoms in total. The second-order valence-electron chi connectivity index (χ2n) is 6.19. The average Bonchev–Trinajstić information content (AvgIpc) is 2.69. The van der Waals surface area contributed by atoms with Crippen molar-refractivity contribution in [2.45, 2.75) is 33.6 Å². The monoisotopic (exact) mass is 326 g/mol. The summed E-state index contributed by atoms with van der Waals surface area (Å²) < 4.78 is 0. The first-order chi connectivity index (χ1) is 12.3. The van der Waals surface area contributed by atoms with Crippen LogP contribution in [0.3, 0.4) is 0 Å². The van der Waals surface area contributed by atoms with E-state index >= 15 is 0 Å². The molecular formula is C25H26. The van der Waals surface area contributed by atoms with Crippen molar-refractivity contribution in [3.8, 4) is 0 Å². The molecule has 0 heteroatoms. The van der Waals surface area contributed by atoms with Gasteiger partial charge in [-0.25, -0.2) is 0 Å². The molecule has 0 heterocycles. The molecule has 0 N–H and O–H groups in total. The fraction of sp³-hybridized carbons (Fsp3) is 0.200. The molecule has 3 aromatic carbocycles. The van der Waals surface area contributed by atoms with Crippen LogP contribution in [0.1, 0.15) is 44.7 Å². The topological polar surface area (TPSA) is 0 Å². The molecule has 0 aliphatic heterocycles. The first kappa shape index (κ1) is 17.2. The van der Waals surface area contributed by atoms with Crippen molar-refractivity contribution in [2.24, 2.45) is 0 Å². The van der Waals surface area contributed by atoms with E-state index in [0.29, 0.717) is 5.92 Å². The Hall–Kier alpha value is -2.60. The van der Waals surface area contributed by atoms with Crippen LogP contribution in [0.5, 0.6) is 0 Å². The Morgan fingerprint density at radius 1 is 0.840 bits per heavy atom. The molecule has 0 saturated carbocycles. The highest BCUT2D eigenvalue weighted by Gasteiger charge is 2.16. The molecule has 0 saturated heterocycles. The van der Waals surface area contributed by atoms with Gasteiger partial charge in [-0.1, -0.05) is 99.7 Å². The van der Waals surface area contributed by atoms with Crippen LogP contribution < -0.4 is 10.4 Å². The number of benzene rings is 3. The second kappa shape index (κ2) is 7.53. The quantitative estimate of drug-likeness (QED) is 0.551. The van der Waals surface area contributed by atoms with Crippen molar-refractivity contribution in [3.63, 3.8) is 0 Å². The fourth-order valence-electron chi connectivity index (χ4n) is 3.68. The highest BCUT2D eigenvalue weighted by Crippen LogP contribution is 2.27. The number of fused-ring (bicyclic) bond motifs is 3. The van der Waals surface area contributed by atoms with Gasteiger partial charge in [0.2, 0.25) is 0 Å². The van der Waals surface area contributed by atoms with Gasteiger partial charge < -0.3 is 0 Å². The van der Waals surface area contributed by atoms with Crippen LogP contribution >= 0.6 is 0 Å². The SMILES string of the molecule is C/C=c1/cccc2ccc3c(c12)C(C)C=CC=3c1ccccc1.CC. The van der Waals surface area contributed by atoms with Gasteiger partial charge in [-0.15, -0.1) is 0 Å². The van der Waals surface area contributed by atoms with E-state index in [4.69, 9.17) is 0 Å². The molecule has 0 bridgehead atoms. The van der Waals surface area contributed by atoms with Gasteiger partial charge in [0, 0.05) is 5.92 Å². The summed E-state index contributed by atoms with van der Waals surface area (Å²) in [7, 11) is 0. The molecule has 0 radical (unpaired) electrons. The lowest BCUT2D eigenvalue weighted by atomic mass is 9.84. The second-order valence-corrected chi connectivity index (χ2v) is 6.19. The van der Waals surface area contributed by atoms with Crippen LogP contribution in [0.15, 0.2) is 72.8 Å². The van der Waals surface area contributed by atoms with Gasteiger partial charge in [-0.05, 0) is 44.8 Å². The van der Waals surface area contributed by atoms with E-state index in [0.717, 1.165) is 0 Å². The average molecular weight is 326 g/mol. The van der Waals surface area contributed by atoms with Gasteiger partial charge in [-0.2, -0.15) is 0 Å². The standard InChI is InChI=1S/C23H20.C2H6/c1-3-17-10-7-11-19-13-15-21-20(18-8-5-4-6-9-18)14-12-16(2)22(21)23(17)19;1-2/h3-16H,1-2H3;1-2H3/b17-3-;. The molecule has 0 amide bonds. The summed E-state index contributed by atoms with van der Waals surface area (Å²) in [6.45, 7) is 8.42. The maximum atomic E-state index is 2.33. The number of allylic oxidation sites excluding steroid dienone is 2. The summed E-state index contributed by atoms with van der Waals surface area (Å²) in [5.41, 5.74) is 4.07. The Labute approximate surface area is 150 Å². The maximum Gasteiger partial charge on any atom is 0.000544 e. The van der Waals surface area contributed by atoms with E-state index < -0.39 is 0 Å². The molecule has 1 atom stereocenters. The minimum absolute atomic E-state index is 0.433. The maximum absolute atomic E-state index is 2.33. The lowest BCUT2D eigenvalue weighted by Crippen LogP contribution is -2.21. The van der Waals surface area contributed by atoms with E-state index in [9.17, 15) is 0 Å². The summed E-state index contributed by atoms with van der Waals surface area (Å²) in [5, 5.41) is 5.42. The Morgan fingerprint density at radius 3 is 2.32 bits per heavy atom. The van der Waals surface area contributed by atoms with Crippen molar-refractivity contribution in [2.75, 3.05) is 0 Å². The van der Waals surface area contributed by atoms with Gasteiger partial charge in [0.15, 0.2) is 0 Å². The molecule has 1 unspecified atom stereocenters. The van der Waals surface area contributed by atoms with Gasteiger partial charge in [0.25, 0.3) is 0 Å². The van der Waals surface area contributed by atoms with Gasteiger partial charge >= 0.3 is 0 Å². The van der Waals surface area contributed by atoms with Crippen LogP contribution in [0.2, 0.25) is 0 Å². The van der Waals surface area contributed by atoms with Crippen molar-refractivity contribution >= 4 is 22.4 Å². The Morgan fingerprint density at radius 2 is 1.60 bits per heavy atom. The Bertz CT molecular complexity index is 1020. The van der Waals surface area contributed by atoms with Gasteiger partial charge in [0.1, 0.15) is 0 Å². The van der Waals surface area contributed by atoms with Crippen LogP contribution in [-0.4, -0.2) is 0 Å². The summed E-state index contributed by atoms with van der Waals surface area (Å²) in [5.74, 6) is 0.433. The summed E-state index contributed by atoms with van der Waals surface area (Å²) in [4.78, 5) is 0. The molecule has 126 valence electrons. The first-order valence-corrected chi connectivity index (χ1v) is 9.25. The zero-order valence-electron chi connectivity index (χ0n) is 15.6. The van der Waals surface area contributed by atoms with E-state index in [1.165, 1.54) is 37.9 Å². The van der Waals surface area contributed by atoms with Crippen molar-refractivity contribution < 1.29 is 0 Å². The normalized spacial score (nSPS) is 16.4. The predicted molar refractivity (Wildman–Crippen MR) is 111 cm³/mol. The van der Waals surface area contributed by atoms with Crippen molar-refractivity contribution in [1.82, 2.24) is 0 Å². The largest absolute Gasteiger partial charge is 0.0798 e. The lowest BCUT2D eigenvalue weighted by Gasteiger charge is -2.19. The van der Waals surface area contributed by atoms with E-state index in [1.807, 2.05) is 13.8 Å². The third-order valence-corrected chi connectivity index (χ3v) is 4.81. The lowest BCUT2D eigenvalue weighted by molar-refractivity contribution is 0.959. The molecular weight excluding hydrogens is 300 g/mol. The molecule has 4 rings (SSSR count).